The molecule has 0 radical (unpaired) electrons. The van der Waals surface area contributed by atoms with Gasteiger partial charge in [0.05, 0.1) is 0 Å². The van der Waals surface area contributed by atoms with E-state index in [9.17, 15) is 0 Å². The van der Waals surface area contributed by atoms with Crippen LogP contribution in [-0.4, -0.2) is 16.5 Å². The van der Waals surface area contributed by atoms with Crippen molar-refractivity contribution in [1.82, 2.24) is 0 Å². The highest BCUT2D eigenvalue weighted by molar-refractivity contribution is 4.79. The van der Waals surface area contributed by atoms with Gasteiger partial charge >= 0.3 is 0 Å². The summed E-state index contributed by atoms with van der Waals surface area (Å²) in [6.07, 6.45) is 14.8. The van der Waals surface area contributed by atoms with E-state index in [2.05, 4.69) is 20.8 Å². The Morgan fingerprint density at radius 3 is 1.40 bits per heavy atom. The predicted molar refractivity (Wildman–Crippen MR) is 87.7 cm³/mol. The van der Waals surface area contributed by atoms with E-state index in [1.165, 1.54) is 64.2 Å². The van der Waals surface area contributed by atoms with Gasteiger partial charge in [0.15, 0.2) is 6.29 Å². The van der Waals surface area contributed by atoms with E-state index < -0.39 is 6.29 Å². The van der Waals surface area contributed by atoms with Gasteiger partial charge in [0.25, 0.3) is 0 Å². The maximum atomic E-state index is 8.96. The lowest BCUT2D eigenvalue weighted by atomic mass is 9.71. The molecule has 0 atom stereocenters. The van der Waals surface area contributed by atoms with Crippen molar-refractivity contribution in [2.75, 3.05) is 0 Å². The fourth-order valence-electron chi connectivity index (χ4n) is 3.23. The SMILES string of the molecule is CCCCC(CCCC)(CCCC)CCCCC(O)O. The van der Waals surface area contributed by atoms with Gasteiger partial charge in [-0.3, -0.25) is 0 Å². The lowest BCUT2D eigenvalue weighted by Gasteiger charge is -2.35. The number of hydrogen-bond acceptors (Lipinski definition) is 2. The molecular weight excluding hydrogens is 248 g/mol. The minimum absolute atomic E-state index is 0.530. The van der Waals surface area contributed by atoms with Crippen molar-refractivity contribution in [2.45, 2.75) is 111 Å². The van der Waals surface area contributed by atoms with E-state index >= 15 is 0 Å². The highest BCUT2D eigenvalue weighted by Crippen LogP contribution is 2.41. The Hall–Kier alpha value is -0.0800. The van der Waals surface area contributed by atoms with Gasteiger partial charge in [-0.1, -0.05) is 65.7 Å². The molecule has 0 fully saturated rings. The molecule has 2 N–H and O–H groups in total. The first-order chi connectivity index (χ1) is 9.60. The summed E-state index contributed by atoms with van der Waals surface area (Å²) in [5, 5.41) is 17.9. The van der Waals surface area contributed by atoms with E-state index in [-0.39, 0.29) is 0 Å². The summed E-state index contributed by atoms with van der Waals surface area (Å²) < 4.78 is 0. The highest BCUT2D eigenvalue weighted by Gasteiger charge is 2.27. The number of unbranched alkanes of at least 4 members (excludes halogenated alkanes) is 4. The van der Waals surface area contributed by atoms with Crippen LogP contribution in [0.5, 0.6) is 0 Å². The third-order valence-corrected chi connectivity index (χ3v) is 4.60. The Morgan fingerprint density at radius 2 is 1.05 bits per heavy atom. The summed E-state index contributed by atoms with van der Waals surface area (Å²) in [6, 6.07) is 0. The van der Waals surface area contributed by atoms with Crippen LogP contribution in [0, 0.1) is 5.41 Å². The van der Waals surface area contributed by atoms with Gasteiger partial charge in [0.1, 0.15) is 0 Å². The summed E-state index contributed by atoms with van der Waals surface area (Å²) in [7, 11) is 0. The van der Waals surface area contributed by atoms with Gasteiger partial charge in [-0.15, -0.1) is 0 Å². The lowest BCUT2D eigenvalue weighted by Crippen LogP contribution is -2.21. The van der Waals surface area contributed by atoms with Crippen LogP contribution in [0.3, 0.4) is 0 Å². The van der Waals surface area contributed by atoms with Crippen molar-refractivity contribution < 1.29 is 10.2 Å². The summed E-state index contributed by atoms with van der Waals surface area (Å²) in [5.74, 6) is 0. The molecule has 0 aromatic rings. The Kier molecular flexibility index (Phi) is 12.6. The molecule has 0 aliphatic carbocycles. The molecule has 122 valence electrons. The van der Waals surface area contributed by atoms with Crippen molar-refractivity contribution >= 4 is 0 Å². The second kappa shape index (κ2) is 12.6. The van der Waals surface area contributed by atoms with E-state index in [0.29, 0.717) is 11.8 Å². The van der Waals surface area contributed by atoms with E-state index in [1.54, 1.807) is 0 Å². The third-order valence-electron chi connectivity index (χ3n) is 4.60. The molecule has 0 amide bonds. The summed E-state index contributed by atoms with van der Waals surface area (Å²) in [6.45, 7) is 6.85. The van der Waals surface area contributed by atoms with Gasteiger partial charge in [0, 0.05) is 0 Å². The van der Waals surface area contributed by atoms with Gasteiger partial charge in [-0.05, 0) is 43.9 Å². The number of aliphatic hydroxyl groups is 2. The van der Waals surface area contributed by atoms with Crippen LogP contribution in [-0.2, 0) is 0 Å². The smallest absolute Gasteiger partial charge is 0.151 e. The summed E-state index contributed by atoms with van der Waals surface area (Å²) in [4.78, 5) is 0. The molecule has 0 saturated heterocycles. The molecule has 0 aromatic heterocycles. The first kappa shape index (κ1) is 19.9. The molecular formula is C18H38O2. The van der Waals surface area contributed by atoms with Crippen LogP contribution in [0.1, 0.15) is 104 Å². The third kappa shape index (κ3) is 9.77. The second-order valence-corrected chi connectivity index (χ2v) is 6.54. The number of hydrogen-bond donors (Lipinski definition) is 2. The summed E-state index contributed by atoms with van der Waals surface area (Å²) in [5.41, 5.74) is 0.530. The first-order valence-corrected chi connectivity index (χ1v) is 8.96. The van der Waals surface area contributed by atoms with Crippen LogP contribution in [0.2, 0.25) is 0 Å². The van der Waals surface area contributed by atoms with Gasteiger partial charge < -0.3 is 10.2 Å². The van der Waals surface area contributed by atoms with E-state index in [1.807, 2.05) is 0 Å². The maximum Gasteiger partial charge on any atom is 0.151 e. The Morgan fingerprint density at radius 1 is 0.650 bits per heavy atom. The van der Waals surface area contributed by atoms with E-state index in [4.69, 9.17) is 10.2 Å². The fourth-order valence-corrected chi connectivity index (χ4v) is 3.23. The minimum atomic E-state index is -1.12. The second-order valence-electron chi connectivity index (χ2n) is 6.54. The lowest BCUT2D eigenvalue weighted by molar-refractivity contribution is -0.0471. The molecule has 0 bridgehead atoms. The molecule has 0 aromatic carbocycles. The van der Waals surface area contributed by atoms with Crippen molar-refractivity contribution in [1.29, 1.82) is 0 Å². The molecule has 0 spiro atoms. The topological polar surface area (TPSA) is 40.5 Å². The molecule has 20 heavy (non-hydrogen) atoms. The molecule has 2 nitrogen and oxygen atoms in total. The molecule has 0 heterocycles. The molecule has 0 unspecified atom stereocenters. The molecule has 0 saturated carbocycles. The van der Waals surface area contributed by atoms with Crippen LogP contribution >= 0.6 is 0 Å². The quantitative estimate of drug-likeness (QED) is 0.331. The number of rotatable bonds is 14. The van der Waals surface area contributed by atoms with Crippen molar-refractivity contribution in [3.63, 3.8) is 0 Å². The molecule has 0 rings (SSSR count). The zero-order chi connectivity index (χ0) is 15.3. The van der Waals surface area contributed by atoms with Crippen molar-refractivity contribution in [3.05, 3.63) is 0 Å². The Labute approximate surface area is 127 Å². The van der Waals surface area contributed by atoms with Crippen LogP contribution < -0.4 is 0 Å². The summed E-state index contributed by atoms with van der Waals surface area (Å²) >= 11 is 0. The molecule has 2 heteroatoms. The Bertz CT molecular complexity index is 180. The highest BCUT2D eigenvalue weighted by atomic mass is 16.5. The monoisotopic (exact) mass is 286 g/mol. The molecule has 0 aliphatic heterocycles. The van der Waals surface area contributed by atoms with Gasteiger partial charge in [-0.2, -0.15) is 0 Å². The van der Waals surface area contributed by atoms with E-state index in [0.717, 1.165) is 12.8 Å². The van der Waals surface area contributed by atoms with Crippen molar-refractivity contribution in [2.24, 2.45) is 5.41 Å². The van der Waals surface area contributed by atoms with Crippen LogP contribution in [0.15, 0.2) is 0 Å². The average Bonchev–Trinajstić information content (AvgIpc) is 2.44. The predicted octanol–water partition coefficient (Wildman–Crippen LogP) is 5.41. The normalized spacial score (nSPS) is 12.3. The van der Waals surface area contributed by atoms with Crippen LogP contribution in [0.4, 0.5) is 0 Å². The minimum Gasteiger partial charge on any atom is -0.368 e. The fraction of sp³-hybridized carbons (Fsp3) is 1.00. The zero-order valence-electron chi connectivity index (χ0n) is 14.2. The maximum absolute atomic E-state index is 8.96. The Balaban J connectivity index is 4.41. The largest absolute Gasteiger partial charge is 0.368 e. The standard InChI is InChI=1S/C18H38O2/c1-4-7-13-18(14-8-5-2,15-9-6-3)16-11-10-12-17(19)20/h17,19-20H,4-16H2,1-3H3. The zero-order valence-corrected chi connectivity index (χ0v) is 14.2. The van der Waals surface area contributed by atoms with Crippen molar-refractivity contribution in [3.8, 4) is 0 Å². The average molecular weight is 286 g/mol. The van der Waals surface area contributed by atoms with Gasteiger partial charge in [0.2, 0.25) is 0 Å². The first-order valence-electron chi connectivity index (χ1n) is 8.96. The molecule has 0 aliphatic rings. The number of aliphatic hydroxyl groups excluding tert-OH is 1. The van der Waals surface area contributed by atoms with Crippen LogP contribution in [0.25, 0.3) is 0 Å². The van der Waals surface area contributed by atoms with Gasteiger partial charge in [-0.25, -0.2) is 0 Å².